The predicted molar refractivity (Wildman–Crippen MR) is 125 cm³/mol. The van der Waals surface area contributed by atoms with Crippen LogP contribution in [0.5, 0.6) is 0 Å². The van der Waals surface area contributed by atoms with Crippen molar-refractivity contribution in [3.05, 3.63) is 0 Å². The minimum Gasteiger partial charge on any atom is -0.480 e. The van der Waals surface area contributed by atoms with E-state index in [-0.39, 0.29) is 29.2 Å². The standard InChI is InChI=1S/C24H40N2O5S/c1-12(2)15-10-9-14(5)11-16(15)31-24(8,13(3)4)22(30)25-17-19(27)26-18(21(28)29)23(6,7)32-20(17)26/h12-18,20H,9-11H2,1-8H3,(H,25,30)(H,28,29)/t14-,15-,16-,17+,18-,20-,24+/m1/s1. The normalized spacial score (nSPS) is 35.9. The highest BCUT2D eigenvalue weighted by Gasteiger charge is 2.64. The summed E-state index contributed by atoms with van der Waals surface area (Å²) in [5, 5.41) is 12.2. The number of nitrogens with one attached hydrogen (secondary N) is 1. The largest absolute Gasteiger partial charge is 0.480 e. The lowest BCUT2D eigenvalue weighted by atomic mass is 9.75. The number of carboxylic acids is 1. The minimum absolute atomic E-state index is 0.00155. The van der Waals surface area contributed by atoms with Crippen LogP contribution < -0.4 is 5.32 Å². The Morgan fingerprint density at radius 1 is 1.25 bits per heavy atom. The minimum atomic E-state index is -1.07. The van der Waals surface area contributed by atoms with Crippen molar-refractivity contribution in [1.82, 2.24) is 10.2 Å². The van der Waals surface area contributed by atoms with Crippen LogP contribution in [0.3, 0.4) is 0 Å². The van der Waals surface area contributed by atoms with Crippen LogP contribution in [0.1, 0.15) is 74.7 Å². The number of fused-ring (bicyclic) bond motifs is 1. The molecule has 2 N–H and O–H groups in total. The number of amides is 2. The van der Waals surface area contributed by atoms with Gasteiger partial charge in [0.05, 0.1) is 6.10 Å². The van der Waals surface area contributed by atoms with Crippen LogP contribution >= 0.6 is 11.8 Å². The second-order valence-corrected chi connectivity index (χ2v) is 13.1. The summed E-state index contributed by atoms with van der Waals surface area (Å²) in [5.74, 6) is -0.280. The van der Waals surface area contributed by atoms with Gasteiger partial charge in [0.1, 0.15) is 23.1 Å². The summed E-state index contributed by atoms with van der Waals surface area (Å²) in [6, 6.07) is -1.61. The van der Waals surface area contributed by atoms with E-state index in [9.17, 15) is 19.5 Å². The zero-order valence-corrected chi connectivity index (χ0v) is 21.5. The third kappa shape index (κ3) is 4.29. The fraction of sp³-hybridized carbons (Fsp3) is 0.875. The van der Waals surface area contributed by atoms with Gasteiger partial charge in [-0.1, -0.05) is 41.0 Å². The first-order valence-corrected chi connectivity index (χ1v) is 12.8. The van der Waals surface area contributed by atoms with Crippen LogP contribution in [0.2, 0.25) is 0 Å². The molecule has 8 heteroatoms. The summed E-state index contributed by atoms with van der Waals surface area (Å²) in [4.78, 5) is 39.5. The molecule has 32 heavy (non-hydrogen) atoms. The molecule has 2 saturated heterocycles. The molecular weight excluding hydrogens is 428 g/mol. The fourth-order valence-corrected chi connectivity index (χ4v) is 7.07. The quantitative estimate of drug-likeness (QED) is 0.555. The molecule has 1 aliphatic carbocycles. The van der Waals surface area contributed by atoms with Gasteiger partial charge in [-0.05, 0) is 57.3 Å². The van der Waals surface area contributed by atoms with E-state index in [0.717, 1.165) is 12.8 Å². The van der Waals surface area contributed by atoms with Crippen molar-refractivity contribution in [3.8, 4) is 0 Å². The Kier molecular flexibility index (Phi) is 6.99. The highest BCUT2D eigenvalue weighted by Crippen LogP contribution is 2.51. The number of carbonyl (C=O) groups excluding carboxylic acids is 2. The van der Waals surface area contributed by atoms with Crippen molar-refractivity contribution < 1.29 is 24.2 Å². The Hall–Kier alpha value is -1.28. The monoisotopic (exact) mass is 468 g/mol. The lowest BCUT2D eigenvalue weighted by Crippen LogP contribution is -2.72. The summed E-state index contributed by atoms with van der Waals surface area (Å²) >= 11 is 1.44. The Bertz CT molecular complexity index is 769. The number of hydrogen-bond acceptors (Lipinski definition) is 5. The molecule has 7 atom stereocenters. The smallest absolute Gasteiger partial charge is 0.327 e. The van der Waals surface area contributed by atoms with Crippen molar-refractivity contribution in [3.63, 3.8) is 0 Å². The molecule has 0 unspecified atom stereocenters. The number of hydrogen-bond donors (Lipinski definition) is 2. The molecule has 1 saturated carbocycles. The first-order valence-electron chi connectivity index (χ1n) is 11.9. The number of carbonyl (C=O) groups is 3. The van der Waals surface area contributed by atoms with Crippen LogP contribution in [0.25, 0.3) is 0 Å². The molecule has 0 aromatic heterocycles. The van der Waals surface area contributed by atoms with Gasteiger partial charge < -0.3 is 20.1 Å². The van der Waals surface area contributed by atoms with Gasteiger partial charge in [-0.15, -0.1) is 11.8 Å². The Labute approximate surface area is 196 Å². The number of ether oxygens (including phenoxy) is 1. The molecule has 0 spiro atoms. The molecule has 3 aliphatic rings. The molecule has 7 nitrogen and oxygen atoms in total. The zero-order chi connectivity index (χ0) is 24.2. The van der Waals surface area contributed by atoms with Gasteiger partial charge in [-0.3, -0.25) is 9.59 Å². The van der Waals surface area contributed by atoms with Crippen molar-refractivity contribution in [1.29, 1.82) is 0 Å². The number of thioether (sulfide) groups is 1. The van der Waals surface area contributed by atoms with E-state index < -0.39 is 28.4 Å². The van der Waals surface area contributed by atoms with E-state index in [2.05, 4.69) is 26.1 Å². The van der Waals surface area contributed by atoms with Crippen molar-refractivity contribution >= 4 is 29.5 Å². The average molecular weight is 469 g/mol. The summed E-state index contributed by atoms with van der Waals surface area (Å²) in [5.41, 5.74) is -1.07. The predicted octanol–water partition coefficient (Wildman–Crippen LogP) is 3.51. The first-order chi connectivity index (χ1) is 14.7. The molecular formula is C24H40N2O5S. The summed E-state index contributed by atoms with van der Waals surface area (Å²) in [6.07, 6.45) is 3.21. The van der Waals surface area contributed by atoms with E-state index in [1.54, 1.807) is 0 Å². The van der Waals surface area contributed by atoms with Gasteiger partial charge in [0.2, 0.25) is 5.91 Å². The van der Waals surface area contributed by atoms with Crippen LogP contribution in [0.4, 0.5) is 0 Å². The number of rotatable bonds is 7. The molecule has 2 heterocycles. The average Bonchev–Trinajstić information content (AvgIpc) is 2.93. The van der Waals surface area contributed by atoms with Gasteiger partial charge in [0.25, 0.3) is 5.91 Å². The van der Waals surface area contributed by atoms with Gasteiger partial charge in [-0.25, -0.2) is 4.79 Å². The maximum absolute atomic E-state index is 13.5. The van der Waals surface area contributed by atoms with Gasteiger partial charge in [0.15, 0.2) is 0 Å². The summed E-state index contributed by atoms with van der Waals surface area (Å²) in [6.45, 7) is 16.1. The highest BCUT2D eigenvalue weighted by atomic mass is 32.2. The molecule has 3 fully saturated rings. The van der Waals surface area contributed by atoms with E-state index in [1.807, 2.05) is 34.6 Å². The van der Waals surface area contributed by atoms with Crippen LogP contribution in [-0.2, 0) is 19.1 Å². The van der Waals surface area contributed by atoms with Crippen molar-refractivity contribution in [2.24, 2.45) is 23.7 Å². The maximum atomic E-state index is 13.5. The van der Waals surface area contributed by atoms with Crippen LogP contribution in [-0.4, -0.2) is 61.7 Å². The topological polar surface area (TPSA) is 95.9 Å². The lowest BCUT2D eigenvalue weighted by molar-refractivity contribution is -0.179. The maximum Gasteiger partial charge on any atom is 0.327 e. The third-order valence-electron chi connectivity index (χ3n) is 7.87. The van der Waals surface area contributed by atoms with Crippen molar-refractivity contribution in [2.75, 3.05) is 0 Å². The second kappa shape index (κ2) is 8.82. The van der Waals surface area contributed by atoms with Gasteiger partial charge in [0, 0.05) is 4.75 Å². The van der Waals surface area contributed by atoms with Crippen LogP contribution in [0, 0.1) is 23.7 Å². The number of β-lactam (4-membered cyclic amide) rings is 1. The SMILES string of the molecule is CC(C)[C@H]1CC[C@@H](C)C[C@H]1O[C@](C)(C(=O)N[C@H]1C(=O)N2[C@@H]1SC(C)(C)[C@H]2C(=O)O)C(C)C. The van der Waals surface area contributed by atoms with Gasteiger partial charge >= 0.3 is 5.97 Å². The van der Waals surface area contributed by atoms with E-state index >= 15 is 0 Å². The number of aliphatic carboxylic acids is 1. The molecule has 3 rings (SSSR count). The van der Waals surface area contributed by atoms with Gasteiger partial charge in [-0.2, -0.15) is 0 Å². The molecule has 0 aromatic carbocycles. The van der Waals surface area contributed by atoms with Crippen molar-refractivity contribution in [2.45, 2.75) is 109 Å². The Morgan fingerprint density at radius 3 is 2.41 bits per heavy atom. The fourth-order valence-electron chi connectivity index (χ4n) is 5.45. The van der Waals surface area contributed by atoms with E-state index in [1.165, 1.54) is 23.1 Å². The lowest BCUT2D eigenvalue weighted by Gasteiger charge is -2.47. The number of nitrogens with zero attached hydrogens (tertiary/aromatic N) is 1. The number of carboxylic acid groups (broad SMARTS) is 1. The molecule has 0 aromatic rings. The van der Waals surface area contributed by atoms with E-state index in [0.29, 0.717) is 17.8 Å². The molecule has 0 bridgehead atoms. The zero-order valence-electron chi connectivity index (χ0n) is 20.7. The first kappa shape index (κ1) is 25.3. The Balaban J connectivity index is 1.76. The third-order valence-corrected chi connectivity index (χ3v) is 9.44. The highest BCUT2D eigenvalue weighted by molar-refractivity contribution is 8.01. The Morgan fingerprint density at radius 2 is 1.88 bits per heavy atom. The van der Waals surface area contributed by atoms with Crippen LogP contribution in [0.15, 0.2) is 0 Å². The van der Waals surface area contributed by atoms with E-state index in [4.69, 9.17) is 4.74 Å². The molecule has 182 valence electrons. The summed E-state index contributed by atoms with van der Waals surface area (Å²) in [7, 11) is 0. The molecule has 2 aliphatic heterocycles. The summed E-state index contributed by atoms with van der Waals surface area (Å²) < 4.78 is 6.01. The second-order valence-electron chi connectivity index (χ2n) is 11.3. The molecule has 0 radical (unpaired) electrons. The molecule has 2 amide bonds.